The molecule has 1 aliphatic heterocycles. The third-order valence-corrected chi connectivity index (χ3v) is 19.0. The second kappa shape index (κ2) is 69.2. The molecule has 7 atom stereocenters. The van der Waals surface area contributed by atoms with Crippen molar-refractivity contribution in [1.29, 1.82) is 0 Å². The number of ether oxygens (including phenoxy) is 3. The fourth-order valence-electron chi connectivity index (χ4n) is 12.7. The summed E-state index contributed by atoms with van der Waals surface area (Å²) in [5.74, 6) is -0.168. The molecule has 1 aliphatic rings. The maximum Gasteiger partial charge on any atom is 0.305 e. The van der Waals surface area contributed by atoms with E-state index < -0.39 is 49.5 Å². The maximum atomic E-state index is 13.1. The molecule has 1 heterocycles. The van der Waals surface area contributed by atoms with Crippen molar-refractivity contribution in [2.75, 3.05) is 19.8 Å². The van der Waals surface area contributed by atoms with E-state index in [1.807, 2.05) is 6.08 Å². The Bertz CT molecular complexity index is 1610. The summed E-state index contributed by atoms with van der Waals surface area (Å²) >= 11 is 0. The first kappa shape index (κ1) is 86.9. The smallest absolute Gasteiger partial charge is 0.305 e. The van der Waals surface area contributed by atoms with Crippen LogP contribution in [0.5, 0.6) is 0 Å². The van der Waals surface area contributed by atoms with Crippen LogP contribution in [-0.4, -0.2) is 100 Å². The Labute approximate surface area is 562 Å². The number of esters is 1. The number of aliphatic hydroxyl groups is 5. The molecule has 1 rings (SSSR count). The van der Waals surface area contributed by atoms with E-state index in [9.17, 15) is 35.1 Å². The molecule has 1 saturated heterocycles. The lowest BCUT2D eigenvalue weighted by atomic mass is 9.99. The van der Waals surface area contributed by atoms with E-state index in [-0.39, 0.29) is 18.5 Å². The van der Waals surface area contributed by atoms with E-state index in [0.717, 1.165) is 51.4 Å². The van der Waals surface area contributed by atoms with Crippen LogP contribution in [0.3, 0.4) is 0 Å². The molecular weight excluding hydrogens is 1130 g/mol. The minimum absolute atomic E-state index is 0.0179. The van der Waals surface area contributed by atoms with Gasteiger partial charge in [-0.2, -0.15) is 0 Å². The van der Waals surface area contributed by atoms with Gasteiger partial charge >= 0.3 is 5.97 Å². The van der Waals surface area contributed by atoms with Crippen molar-refractivity contribution in [2.24, 2.45) is 0 Å². The highest BCUT2D eigenvalue weighted by Gasteiger charge is 2.44. The number of unbranched alkanes of at least 4 members (excludes halogenated alkanes) is 53. The fourth-order valence-corrected chi connectivity index (χ4v) is 12.7. The normalized spacial score (nSPS) is 17.7. The van der Waals surface area contributed by atoms with Gasteiger partial charge in [-0.3, -0.25) is 9.59 Å². The van der Waals surface area contributed by atoms with E-state index in [0.29, 0.717) is 19.4 Å². The fraction of sp³-hybridized carbons (Fsp3) is 0.900. The highest BCUT2D eigenvalue weighted by Crippen LogP contribution is 2.24. The molecule has 536 valence electrons. The van der Waals surface area contributed by atoms with Crippen molar-refractivity contribution in [2.45, 2.75) is 442 Å². The van der Waals surface area contributed by atoms with Crippen LogP contribution >= 0.6 is 0 Å². The number of hydrogen-bond acceptors (Lipinski definition) is 10. The first-order valence-electron chi connectivity index (χ1n) is 39.8. The van der Waals surface area contributed by atoms with Gasteiger partial charge in [0.2, 0.25) is 5.91 Å². The van der Waals surface area contributed by atoms with Crippen LogP contribution in [0.4, 0.5) is 0 Å². The van der Waals surface area contributed by atoms with Gasteiger partial charge < -0.3 is 45.1 Å². The predicted molar refractivity (Wildman–Crippen MR) is 384 cm³/mol. The summed E-state index contributed by atoms with van der Waals surface area (Å²) < 4.78 is 16.7. The highest BCUT2D eigenvalue weighted by atomic mass is 16.7. The lowest BCUT2D eigenvalue weighted by molar-refractivity contribution is -0.302. The Morgan fingerprint density at radius 1 is 0.396 bits per heavy atom. The van der Waals surface area contributed by atoms with Gasteiger partial charge in [0.05, 0.1) is 32.0 Å². The van der Waals surface area contributed by atoms with Crippen molar-refractivity contribution in [3.05, 3.63) is 36.5 Å². The third kappa shape index (κ3) is 57.8. The van der Waals surface area contributed by atoms with Crippen LogP contribution in [0.25, 0.3) is 0 Å². The largest absolute Gasteiger partial charge is 0.466 e. The van der Waals surface area contributed by atoms with E-state index in [1.54, 1.807) is 6.08 Å². The number of aliphatic hydroxyl groups excluding tert-OH is 5. The molecule has 7 unspecified atom stereocenters. The number of nitrogens with one attached hydrogen (secondary N) is 1. The summed E-state index contributed by atoms with van der Waals surface area (Å²) in [6.45, 7) is 4.36. The quantitative estimate of drug-likeness (QED) is 0.0195. The van der Waals surface area contributed by atoms with Crippen LogP contribution < -0.4 is 5.32 Å². The number of amides is 1. The number of allylic oxidation sites excluding steroid dienone is 5. The van der Waals surface area contributed by atoms with Crippen molar-refractivity contribution in [1.82, 2.24) is 5.32 Å². The van der Waals surface area contributed by atoms with Gasteiger partial charge in [-0.25, -0.2) is 0 Å². The summed E-state index contributed by atoms with van der Waals surface area (Å²) in [4.78, 5) is 25.1. The van der Waals surface area contributed by atoms with Crippen LogP contribution in [-0.2, 0) is 23.8 Å². The molecule has 91 heavy (non-hydrogen) atoms. The molecule has 0 aromatic rings. The van der Waals surface area contributed by atoms with Crippen molar-refractivity contribution in [3.8, 4) is 0 Å². The summed E-state index contributed by atoms with van der Waals surface area (Å²) in [6.07, 6.45) is 80.5. The number of rotatable bonds is 71. The van der Waals surface area contributed by atoms with Crippen molar-refractivity contribution in [3.63, 3.8) is 0 Å². The Morgan fingerprint density at radius 2 is 0.714 bits per heavy atom. The maximum absolute atomic E-state index is 13.1. The molecule has 6 N–H and O–H groups in total. The van der Waals surface area contributed by atoms with Crippen LogP contribution in [0.1, 0.15) is 399 Å². The first-order valence-corrected chi connectivity index (χ1v) is 39.8. The van der Waals surface area contributed by atoms with Gasteiger partial charge in [0.25, 0.3) is 0 Å². The minimum Gasteiger partial charge on any atom is -0.466 e. The monoisotopic (exact) mass is 1290 g/mol. The zero-order valence-corrected chi connectivity index (χ0v) is 59.8. The van der Waals surface area contributed by atoms with Gasteiger partial charge in [-0.05, 0) is 70.6 Å². The van der Waals surface area contributed by atoms with Crippen molar-refractivity contribution < 1.29 is 49.3 Å². The molecular formula is C80H151NO10. The molecule has 0 aromatic carbocycles. The Morgan fingerprint density at radius 3 is 1.09 bits per heavy atom. The molecule has 0 saturated carbocycles. The molecule has 0 aliphatic carbocycles. The summed E-state index contributed by atoms with van der Waals surface area (Å²) in [7, 11) is 0. The Hall–Kier alpha value is -2.12. The summed E-state index contributed by atoms with van der Waals surface area (Å²) in [6, 6.07) is -0.824. The SMILES string of the molecule is CCCCCCCC/C=C/CC/C=C/C(O)C(COC1OC(CO)C(O)C(O)C1O)NC(=O)CCCCCCCCCCCCCCCCCCC/C=C\CCCCCCCCCCCCCCCCCCCCOC(=O)CCCCCCCCCCCCCC. The second-order valence-corrected chi connectivity index (χ2v) is 27.8. The average molecular weight is 1290 g/mol. The molecule has 11 nitrogen and oxygen atoms in total. The molecule has 11 heteroatoms. The average Bonchev–Trinajstić information content (AvgIpc) is 1.37. The minimum atomic E-state index is -1.57. The van der Waals surface area contributed by atoms with Gasteiger partial charge in [-0.15, -0.1) is 0 Å². The van der Waals surface area contributed by atoms with E-state index >= 15 is 0 Å². The number of carbonyl (C=O) groups excluding carboxylic acids is 2. The van der Waals surface area contributed by atoms with Gasteiger partial charge in [-0.1, -0.05) is 352 Å². The predicted octanol–water partition coefficient (Wildman–Crippen LogP) is 21.3. The molecule has 1 fully saturated rings. The molecule has 0 aromatic heterocycles. The Kier molecular flexibility index (Phi) is 66.1. The molecule has 1 amide bonds. The third-order valence-electron chi connectivity index (χ3n) is 19.0. The molecule has 0 bridgehead atoms. The van der Waals surface area contributed by atoms with Crippen LogP contribution in [0.2, 0.25) is 0 Å². The van der Waals surface area contributed by atoms with E-state index in [2.05, 4.69) is 43.5 Å². The van der Waals surface area contributed by atoms with E-state index in [4.69, 9.17) is 14.2 Å². The lowest BCUT2D eigenvalue weighted by Gasteiger charge is -2.40. The first-order chi connectivity index (χ1) is 44.7. The number of carbonyl (C=O) groups is 2. The summed E-state index contributed by atoms with van der Waals surface area (Å²) in [5.41, 5.74) is 0. The Balaban J connectivity index is 1.89. The number of hydrogen-bond donors (Lipinski definition) is 6. The molecule has 0 spiro atoms. The lowest BCUT2D eigenvalue weighted by Crippen LogP contribution is -2.60. The highest BCUT2D eigenvalue weighted by molar-refractivity contribution is 5.76. The van der Waals surface area contributed by atoms with Crippen LogP contribution in [0, 0.1) is 0 Å². The zero-order chi connectivity index (χ0) is 65.8. The second-order valence-electron chi connectivity index (χ2n) is 27.8. The van der Waals surface area contributed by atoms with E-state index in [1.165, 1.54) is 321 Å². The van der Waals surface area contributed by atoms with Crippen molar-refractivity contribution >= 4 is 11.9 Å². The summed E-state index contributed by atoms with van der Waals surface area (Å²) in [5, 5.41) is 54.5. The van der Waals surface area contributed by atoms with Gasteiger partial charge in [0.1, 0.15) is 24.4 Å². The van der Waals surface area contributed by atoms with Crippen LogP contribution in [0.15, 0.2) is 36.5 Å². The van der Waals surface area contributed by atoms with Gasteiger partial charge in [0.15, 0.2) is 6.29 Å². The van der Waals surface area contributed by atoms with Gasteiger partial charge in [0, 0.05) is 12.8 Å². The molecule has 0 radical (unpaired) electrons. The zero-order valence-electron chi connectivity index (χ0n) is 59.8. The topological polar surface area (TPSA) is 175 Å². The standard InChI is InChI=1S/C80H151NO10/c1-3-5-7-9-11-13-15-46-50-54-58-62-66-73(83)72(71-90-80-79(88)78(87)77(86)74(70-82)91-80)81-75(84)67-63-59-55-51-47-44-42-40-38-36-34-32-30-28-26-24-22-20-18-17-19-21-23-25-27-29-31-33-35-37-39-41-43-45-49-53-57-61-65-69-89-76(85)68-64-60-56-52-48-16-14-12-10-8-6-4-2/h17-18,46,50,62,66,72-74,77-80,82-83,86-88H,3-16,19-45,47-49,51-61,63-65,67-71H2,1-2H3,(H,81,84)/b18-17-,50-46+,66-62+.